The van der Waals surface area contributed by atoms with Crippen molar-refractivity contribution in [3.63, 3.8) is 0 Å². The molecular weight excluding hydrogens is 356 g/mol. The number of allylic oxidation sites excluding steroid dienone is 1. The van der Waals surface area contributed by atoms with Gasteiger partial charge in [0.1, 0.15) is 17.1 Å². The summed E-state index contributed by atoms with van der Waals surface area (Å²) in [5.74, 6) is 1.49. The number of carbonyl (C=O) groups is 1. The van der Waals surface area contributed by atoms with Gasteiger partial charge in [-0.2, -0.15) is 0 Å². The van der Waals surface area contributed by atoms with Crippen LogP contribution in [-0.2, 0) is 0 Å². The minimum absolute atomic E-state index is 0.252. The van der Waals surface area contributed by atoms with Crippen LogP contribution in [0.25, 0.3) is 5.57 Å². The van der Waals surface area contributed by atoms with Crippen molar-refractivity contribution in [1.29, 1.82) is 0 Å². The average Bonchev–Trinajstić information content (AvgIpc) is 2.73. The number of para-hydroxylation sites is 1. The lowest BCUT2D eigenvalue weighted by Crippen LogP contribution is -2.21. The molecule has 2 aromatic rings. The molecular formula is C21H24N4O3. The number of hydrogen-bond donors (Lipinski definition) is 2. The van der Waals surface area contributed by atoms with Gasteiger partial charge in [-0.25, -0.2) is 0 Å². The minimum Gasteiger partial charge on any atom is -0.494 e. The van der Waals surface area contributed by atoms with Crippen LogP contribution in [0, 0.1) is 0 Å². The van der Waals surface area contributed by atoms with Crippen LogP contribution in [-0.4, -0.2) is 31.3 Å². The number of nitrogens with one attached hydrogen (secondary N) is 2. The molecule has 0 spiro atoms. The van der Waals surface area contributed by atoms with Gasteiger partial charge in [0.25, 0.3) is 5.91 Å². The molecule has 7 heteroatoms. The Balaban J connectivity index is 2.21. The highest BCUT2D eigenvalue weighted by Gasteiger charge is 2.28. The van der Waals surface area contributed by atoms with Crippen molar-refractivity contribution in [3.05, 3.63) is 41.9 Å². The normalized spacial score (nSPS) is 12.6. The summed E-state index contributed by atoms with van der Waals surface area (Å²) in [4.78, 5) is 21.2. The van der Waals surface area contributed by atoms with Gasteiger partial charge in [-0.15, -0.1) is 0 Å². The Kier molecular flexibility index (Phi) is 5.93. The van der Waals surface area contributed by atoms with Gasteiger partial charge in [0.05, 0.1) is 18.4 Å². The highest BCUT2D eigenvalue weighted by molar-refractivity contribution is 6.03. The van der Waals surface area contributed by atoms with Crippen molar-refractivity contribution >= 4 is 29.1 Å². The second-order valence-corrected chi connectivity index (χ2v) is 6.18. The quantitative estimate of drug-likeness (QED) is 0.614. The SMILES string of the molecule is CC=N/C=C(\CCC)c1ncc(C(=O)NC)c2c1Oc1cccc(OC)c1N2. The van der Waals surface area contributed by atoms with Crippen LogP contribution in [0.4, 0.5) is 11.4 Å². The summed E-state index contributed by atoms with van der Waals surface area (Å²) in [5, 5.41) is 5.97. The lowest BCUT2D eigenvalue weighted by Gasteiger charge is -2.26. The molecule has 28 heavy (non-hydrogen) atoms. The summed E-state index contributed by atoms with van der Waals surface area (Å²) < 4.78 is 11.7. The molecule has 2 N–H and O–H groups in total. The van der Waals surface area contributed by atoms with E-state index in [0.717, 1.165) is 18.4 Å². The Bertz CT molecular complexity index is 951. The first-order valence-electron chi connectivity index (χ1n) is 9.18. The summed E-state index contributed by atoms with van der Waals surface area (Å²) in [6, 6.07) is 5.53. The number of aromatic nitrogens is 1. The van der Waals surface area contributed by atoms with Gasteiger partial charge < -0.3 is 20.1 Å². The van der Waals surface area contributed by atoms with Crippen LogP contribution in [0.3, 0.4) is 0 Å². The topological polar surface area (TPSA) is 84.8 Å². The Labute approximate surface area is 164 Å². The number of rotatable bonds is 6. The van der Waals surface area contributed by atoms with Crippen LogP contribution in [0.15, 0.2) is 35.6 Å². The number of fused-ring (bicyclic) bond motifs is 2. The van der Waals surface area contributed by atoms with Crippen molar-refractivity contribution in [2.75, 3.05) is 19.5 Å². The van der Waals surface area contributed by atoms with Gasteiger partial charge in [0.2, 0.25) is 0 Å². The summed E-state index contributed by atoms with van der Waals surface area (Å²) in [6.07, 6.45) is 6.78. The van der Waals surface area contributed by atoms with E-state index in [4.69, 9.17) is 9.47 Å². The number of pyridine rings is 1. The smallest absolute Gasteiger partial charge is 0.254 e. The van der Waals surface area contributed by atoms with Crippen molar-refractivity contribution < 1.29 is 14.3 Å². The maximum Gasteiger partial charge on any atom is 0.254 e. The Morgan fingerprint density at radius 2 is 2.21 bits per heavy atom. The molecule has 0 saturated heterocycles. The first-order valence-corrected chi connectivity index (χ1v) is 9.18. The molecule has 3 rings (SSSR count). The molecule has 2 heterocycles. The number of carbonyl (C=O) groups excluding carboxylic acids is 1. The second kappa shape index (κ2) is 8.56. The first kappa shape index (κ1) is 19.4. The predicted octanol–water partition coefficient (Wildman–Crippen LogP) is 4.53. The Morgan fingerprint density at radius 3 is 2.89 bits per heavy atom. The molecule has 1 aliphatic heterocycles. The number of anilines is 2. The van der Waals surface area contributed by atoms with Crippen molar-refractivity contribution in [1.82, 2.24) is 10.3 Å². The number of nitrogens with zero attached hydrogens (tertiary/aromatic N) is 2. The Morgan fingerprint density at radius 1 is 1.39 bits per heavy atom. The monoisotopic (exact) mass is 380 g/mol. The average molecular weight is 380 g/mol. The van der Waals surface area contributed by atoms with Gasteiger partial charge in [0.15, 0.2) is 11.5 Å². The summed E-state index contributed by atoms with van der Waals surface area (Å²) in [6.45, 7) is 3.95. The number of amides is 1. The summed E-state index contributed by atoms with van der Waals surface area (Å²) in [7, 11) is 3.18. The van der Waals surface area contributed by atoms with E-state index < -0.39 is 0 Å². The standard InChI is InChI=1S/C21H24N4O3/c1-5-8-13(11-23-6-2)17-20-18(14(12-24-17)21(26)22-3)25-19-15(27-4)9-7-10-16(19)28-20/h6-7,9-12,25H,5,8H2,1-4H3,(H,22,26)/b13-11+,23-6?. The molecule has 146 valence electrons. The summed E-state index contributed by atoms with van der Waals surface area (Å²) in [5.41, 5.74) is 3.23. The number of benzene rings is 1. The second-order valence-electron chi connectivity index (χ2n) is 6.18. The van der Waals surface area contributed by atoms with Gasteiger partial charge in [-0.1, -0.05) is 19.4 Å². The number of ether oxygens (including phenoxy) is 2. The predicted molar refractivity (Wildman–Crippen MR) is 111 cm³/mol. The largest absolute Gasteiger partial charge is 0.494 e. The number of methoxy groups -OCH3 is 1. The van der Waals surface area contributed by atoms with Crippen molar-refractivity contribution in [3.8, 4) is 17.2 Å². The molecule has 1 aliphatic rings. The maximum atomic E-state index is 12.4. The highest BCUT2D eigenvalue weighted by Crippen LogP contribution is 2.49. The lowest BCUT2D eigenvalue weighted by atomic mass is 10.0. The number of aliphatic imine (C=N–C) groups is 1. The third kappa shape index (κ3) is 3.55. The zero-order valence-corrected chi connectivity index (χ0v) is 16.5. The van der Waals surface area contributed by atoms with Crippen LogP contribution < -0.4 is 20.1 Å². The van der Waals surface area contributed by atoms with Crippen LogP contribution >= 0.6 is 0 Å². The van der Waals surface area contributed by atoms with Crippen LogP contribution in [0.2, 0.25) is 0 Å². The third-order valence-electron chi connectivity index (χ3n) is 4.38. The molecule has 0 bridgehead atoms. The molecule has 0 atom stereocenters. The minimum atomic E-state index is -0.252. The molecule has 0 radical (unpaired) electrons. The third-order valence-corrected chi connectivity index (χ3v) is 4.38. The van der Waals surface area contributed by atoms with Crippen LogP contribution in [0.1, 0.15) is 42.7 Å². The molecule has 7 nitrogen and oxygen atoms in total. The zero-order chi connectivity index (χ0) is 20.1. The molecule has 0 saturated carbocycles. The van der Waals surface area contributed by atoms with Crippen LogP contribution in [0.5, 0.6) is 17.2 Å². The van der Waals surface area contributed by atoms with E-state index in [1.807, 2.05) is 25.1 Å². The van der Waals surface area contributed by atoms with E-state index >= 15 is 0 Å². The zero-order valence-electron chi connectivity index (χ0n) is 16.5. The van der Waals surface area contributed by atoms with E-state index in [1.54, 1.807) is 32.8 Å². The van der Waals surface area contributed by atoms with Gasteiger partial charge >= 0.3 is 0 Å². The molecule has 0 aliphatic carbocycles. The van der Waals surface area contributed by atoms with E-state index in [-0.39, 0.29) is 5.91 Å². The van der Waals surface area contributed by atoms with E-state index in [9.17, 15) is 4.79 Å². The van der Waals surface area contributed by atoms with E-state index in [0.29, 0.717) is 39.9 Å². The fourth-order valence-corrected chi connectivity index (χ4v) is 3.05. The van der Waals surface area contributed by atoms with E-state index in [1.165, 1.54) is 0 Å². The lowest BCUT2D eigenvalue weighted by molar-refractivity contribution is 0.0963. The van der Waals surface area contributed by atoms with Crippen molar-refractivity contribution in [2.45, 2.75) is 26.7 Å². The molecule has 1 aromatic heterocycles. The number of hydrogen-bond acceptors (Lipinski definition) is 6. The van der Waals surface area contributed by atoms with Gasteiger partial charge in [0, 0.05) is 25.7 Å². The Hall–Kier alpha value is -3.35. The maximum absolute atomic E-state index is 12.4. The van der Waals surface area contributed by atoms with Gasteiger partial charge in [-0.05, 0) is 31.1 Å². The molecule has 0 fully saturated rings. The highest BCUT2D eigenvalue weighted by atomic mass is 16.5. The molecule has 0 unspecified atom stereocenters. The molecule has 1 amide bonds. The molecule has 1 aromatic carbocycles. The summed E-state index contributed by atoms with van der Waals surface area (Å²) >= 11 is 0. The fourth-order valence-electron chi connectivity index (χ4n) is 3.05. The fraction of sp³-hybridized carbons (Fsp3) is 0.286. The first-order chi connectivity index (χ1) is 13.6. The van der Waals surface area contributed by atoms with Gasteiger partial charge in [-0.3, -0.25) is 14.8 Å². The van der Waals surface area contributed by atoms with E-state index in [2.05, 4.69) is 27.5 Å². The van der Waals surface area contributed by atoms with Crippen molar-refractivity contribution in [2.24, 2.45) is 4.99 Å².